The summed E-state index contributed by atoms with van der Waals surface area (Å²) in [4.78, 5) is 28.2. The van der Waals surface area contributed by atoms with Gasteiger partial charge in [-0.3, -0.25) is 9.59 Å². The molecule has 2 amide bonds. The SMILES string of the molecule is O=C(Nc1ccc(F)c(N2CCCC2=O)c1)c1ccc[nH]c1=S. The molecule has 2 heterocycles. The van der Waals surface area contributed by atoms with Gasteiger partial charge in [0.15, 0.2) is 0 Å². The molecule has 0 unspecified atom stereocenters. The minimum Gasteiger partial charge on any atom is -0.352 e. The highest BCUT2D eigenvalue weighted by atomic mass is 32.1. The second kappa shape index (κ2) is 6.29. The van der Waals surface area contributed by atoms with Gasteiger partial charge in [0.1, 0.15) is 10.5 Å². The van der Waals surface area contributed by atoms with Gasteiger partial charge in [-0.05, 0) is 36.8 Å². The summed E-state index contributed by atoms with van der Waals surface area (Å²) in [6.45, 7) is 0.483. The molecular formula is C16H14FN3O2S. The number of rotatable bonds is 3. The van der Waals surface area contributed by atoms with Crippen molar-refractivity contribution < 1.29 is 14.0 Å². The Kier molecular flexibility index (Phi) is 4.20. The summed E-state index contributed by atoms with van der Waals surface area (Å²) in [5.74, 6) is -0.995. The Morgan fingerprint density at radius 2 is 2.17 bits per heavy atom. The van der Waals surface area contributed by atoms with Crippen molar-refractivity contribution in [3.8, 4) is 0 Å². The van der Waals surface area contributed by atoms with Crippen molar-refractivity contribution in [3.05, 3.63) is 52.5 Å². The van der Waals surface area contributed by atoms with Gasteiger partial charge < -0.3 is 15.2 Å². The average molecular weight is 331 g/mol. The number of carbonyl (C=O) groups excluding carboxylic acids is 2. The molecule has 0 bridgehead atoms. The molecule has 1 aromatic carbocycles. The number of nitrogens with one attached hydrogen (secondary N) is 2. The number of amides is 2. The molecule has 1 saturated heterocycles. The van der Waals surface area contributed by atoms with E-state index in [1.807, 2.05) is 0 Å². The molecule has 0 atom stereocenters. The van der Waals surface area contributed by atoms with Crippen molar-refractivity contribution >= 4 is 35.4 Å². The lowest BCUT2D eigenvalue weighted by atomic mass is 10.2. The Bertz CT molecular complexity index is 834. The van der Waals surface area contributed by atoms with Crippen molar-refractivity contribution in [3.63, 3.8) is 0 Å². The standard InChI is InChI=1S/C16H14FN3O2S/c17-12-6-5-10(9-13(12)20-8-2-4-14(20)21)19-15(22)11-3-1-7-18-16(11)23/h1,3,5-7,9H,2,4,8H2,(H,18,23)(H,19,22). The van der Waals surface area contributed by atoms with E-state index in [-0.39, 0.29) is 11.6 Å². The normalized spacial score (nSPS) is 14.1. The Hall–Kier alpha value is -2.54. The zero-order chi connectivity index (χ0) is 16.4. The third kappa shape index (κ3) is 3.14. The first-order valence-electron chi connectivity index (χ1n) is 7.15. The van der Waals surface area contributed by atoms with Crippen molar-refractivity contribution in [2.45, 2.75) is 12.8 Å². The number of H-pyrrole nitrogens is 1. The summed E-state index contributed by atoms with van der Waals surface area (Å²) >= 11 is 5.06. The number of aromatic amines is 1. The number of pyridine rings is 1. The van der Waals surface area contributed by atoms with Gasteiger partial charge >= 0.3 is 0 Å². The lowest BCUT2D eigenvalue weighted by Gasteiger charge is -2.17. The topological polar surface area (TPSA) is 65.2 Å². The van der Waals surface area contributed by atoms with Crippen LogP contribution < -0.4 is 10.2 Å². The van der Waals surface area contributed by atoms with Gasteiger partial charge in [-0.1, -0.05) is 12.2 Å². The monoisotopic (exact) mass is 331 g/mol. The molecule has 1 aliphatic rings. The Labute approximate surface area is 137 Å². The summed E-state index contributed by atoms with van der Waals surface area (Å²) in [6, 6.07) is 7.42. The maximum atomic E-state index is 14.0. The largest absolute Gasteiger partial charge is 0.352 e. The molecule has 2 aromatic rings. The second-order valence-electron chi connectivity index (χ2n) is 5.18. The second-order valence-corrected chi connectivity index (χ2v) is 5.59. The number of carbonyl (C=O) groups is 2. The van der Waals surface area contributed by atoms with Crippen LogP contribution in [0, 0.1) is 10.5 Å². The minimum atomic E-state index is -0.491. The smallest absolute Gasteiger partial charge is 0.258 e. The van der Waals surface area contributed by atoms with E-state index in [2.05, 4.69) is 10.3 Å². The Balaban J connectivity index is 1.87. The van der Waals surface area contributed by atoms with E-state index < -0.39 is 11.7 Å². The molecule has 1 aromatic heterocycles. The first kappa shape index (κ1) is 15.4. The number of hydrogen-bond donors (Lipinski definition) is 2. The van der Waals surface area contributed by atoms with Crippen LogP contribution in [-0.2, 0) is 4.79 Å². The number of anilines is 2. The summed E-state index contributed by atoms with van der Waals surface area (Å²) in [5.41, 5.74) is 0.915. The average Bonchev–Trinajstić information content (AvgIpc) is 2.95. The van der Waals surface area contributed by atoms with Crippen molar-refractivity contribution in [1.29, 1.82) is 0 Å². The number of nitrogens with zero attached hydrogens (tertiary/aromatic N) is 1. The van der Waals surface area contributed by atoms with E-state index in [1.165, 1.54) is 23.1 Å². The van der Waals surface area contributed by atoms with Crippen LogP contribution in [0.5, 0.6) is 0 Å². The van der Waals surface area contributed by atoms with Crippen molar-refractivity contribution in [2.75, 3.05) is 16.8 Å². The molecule has 0 spiro atoms. The fourth-order valence-electron chi connectivity index (χ4n) is 2.50. The fourth-order valence-corrected chi connectivity index (χ4v) is 2.73. The van der Waals surface area contributed by atoms with Crippen LogP contribution in [0.3, 0.4) is 0 Å². The van der Waals surface area contributed by atoms with Crippen LogP contribution >= 0.6 is 12.2 Å². The zero-order valence-corrected chi connectivity index (χ0v) is 13.0. The first-order valence-corrected chi connectivity index (χ1v) is 7.56. The van der Waals surface area contributed by atoms with Gasteiger partial charge in [0, 0.05) is 24.8 Å². The molecule has 7 heteroatoms. The van der Waals surface area contributed by atoms with E-state index in [0.717, 1.165) is 0 Å². The maximum absolute atomic E-state index is 14.0. The van der Waals surface area contributed by atoms with Gasteiger partial charge in [-0.25, -0.2) is 4.39 Å². The van der Waals surface area contributed by atoms with E-state index >= 15 is 0 Å². The molecule has 2 N–H and O–H groups in total. The molecule has 0 aliphatic carbocycles. The van der Waals surface area contributed by atoms with Crippen molar-refractivity contribution in [1.82, 2.24) is 4.98 Å². The van der Waals surface area contributed by atoms with Crippen LogP contribution in [0.4, 0.5) is 15.8 Å². The van der Waals surface area contributed by atoms with E-state index in [9.17, 15) is 14.0 Å². The van der Waals surface area contributed by atoms with Crippen LogP contribution in [0.25, 0.3) is 0 Å². The number of aromatic nitrogens is 1. The Morgan fingerprint density at radius 3 is 2.87 bits per heavy atom. The van der Waals surface area contributed by atoms with Crippen LogP contribution in [0.1, 0.15) is 23.2 Å². The predicted octanol–water partition coefficient (Wildman–Crippen LogP) is 3.26. The molecule has 23 heavy (non-hydrogen) atoms. The number of benzene rings is 1. The number of halogens is 1. The molecular weight excluding hydrogens is 317 g/mol. The summed E-state index contributed by atoms with van der Waals surface area (Å²) < 4.78 is 14.3. The van der Waals surface area contributed by atoms with Crippen LogP contribution in [0.15, 0.2) is 36.5 Å². The van der Waals surface area contributed by atoms with Gasteiger partial charge in [0.05, 0.1) is 11.3 Å². The lowest BCUT2D eigenvalue weighted by Crippen LogP contribution is -2.25. The van der Waals surface area contributed by atoms with Gasteiger partial charge in [-0.15, -0.1) is 0 Å². The van der Waals surface area contributed by atoms with Crippen molar-refractivity contribution in [2.24, 2.45) is 0 Å². The molecule has 1 aliphatic heterocycles. The Morgan fingerprint density at radius 1 is 1.35 bits per heavy atom. The van der Waals surface area contributed by atoms with Gasteiger partial charge in [0.2, 0.25) is 5.91 Å². The highest BCUT2D eigenvalue weighted by molar-refractivity contribution is 7.71. The number of hydrogen-bond acceptors (Lipinski definition) is 3. The van der Waals surface area contributed by atoms with Gasteiger partial charge in [-0.2, -0.15) is 0 Å². The maximum Gasteiger partial charge on any atom is 0.258 e. The summed E-state index contributed by atoms with van der Waals surface area (Å²) in [7, 11) is 0. The third-order valence-electron chi connectivity index (χ3n) is 3.63. The molecule has 1 fully saturated rings. The van der Waals surface area contributed by atoms with E-state index in [4.69, 9.17) is 12.2 Å². The van der Waals surface area contributed by atoms with E-state index in [1.54, 1.807) is 18.3 Å². The lowest BCUT2D eigenvalue weighted by molar-refractivity contribution is -0.117. The highest BCUT2D eigenvalue weighted by Crippen LogP contribution is 2.27. The third-order valence-corrected chi connectivity index (χ3v) is 3.97. The van der Waals surface area contributed by atoms with Gasteiger partial charge in [0.25, 0.3) is 5.91 Å². The molecule has 5 nitrogen and oxygen atoms in total. The minimum absolute atomic E-state index is 0.113. The quantitative estimate of drug-likeness (QED) is 0.849. The van der Waals surface area contributed by atoms with Crippen LogP contribution in [-0.4, -0.2) is 23.3 Å². The fraction of sp³-hybridized carbons (Fsp3) is 0.188. The molecule has 0 radical (unpaired) electrons. The molecule has 3 rings (SSSR count). The first-order chi connectivity index (χ1) is 11.1. The predicted molar refractivity (Wildman–Crippen MR) is 87.6 cm³/mol. The molecule has 118 valence electrons. The summed E-state index contributed by atoms with van der Waals surface area (Å²) in [6.07, 6.45) is 2.75. The van der Waals surface area contributed by atoms with Crippen LogP contribution in [0.2, 0.25) is 0 Å². The zero-order valence-electron chi connectivity index (χ0n) is 12.1. The summed E-state index contributed by atoms with van der Waals surface area (Å²) in [5, 5.41) is 2.67. The molecule has 0 saturated carbocycles. The highest BCUT2D eigenvalue weighted by Gasteiger charge is 2.24. The van der Waals surface area contributed by atoms with E-state index in [0.29, 0.717) is 35.3 Å².